The van der Waals surface area contributed by atoms with E-state index in [2.05, 4.69) is 17.2 Å². The Morgan fingerprint density at radius 2 is 1.79 bits per heavy atom. The summed E-state index contributed by atoms with van der Waals surface area (Å²) in [5.74, 6) is -0.00353. The zero-order valence-electron chi connectivity index (χ0n) is 15.9. The predicted molar refractivity (Wildman–Crippen MR) is 115 cm³/mol. The molecule has 0 unspecified atom stereocenters. The Hall–Kier alpha value is -3.45. The summed E-state index contributed by atoms with van der Waals surface area (Å²) in [5, 5.41) is 4.83. The van der Waals surface area contributed by atoms with Gasteiger partial charge in [0, 0.05) is 5.56 Å². The van der Waals surface area contributed by atoms with Crippen molar-refractivity contribution in [1.29, 1.82) is 0 Å². The van der Waals surface area contributed by atoms with Crippen LogP contribution in [0.2, 0.25) is 0 Å². The molecule has 1 heterocycles. The topological polar surface area (TPSA) is 76.7 Å². The Kier molecular flexibility index (Phi) is 6.41. The lowest BCUT2D eigenvalue weighted by Crippen LogP contribution is -2.51. The average Bonchev–Trinajstić information content (AvgIpc) is 2.70. The fourth-order valence-corrected chi connectivity index (χ4v) is 3.08. The van der Waals surface area contributed by atoms with E-state index in [0.29, 0.717) is 30.1 Å². The minimum absolute atomic E-state index is 0.00765. The van der Waals surface area contributed by atoms with Gasteiger partial charge in [0.05, 0.1) is 7.11 Å². The Morgan fingerprint density at radius 3 is 2.41 bits per heavy atom. The van der Waals surface area contributed by atoms with E-state index in [1.165, 1.54) is 13.2 Å². The van der Waals surface area contributed by atoms with Gasteiger partial charge in [0.2, 0.25) is 0 Å². The Bertz CT molecular complexity index is 977. The monoisotopic (exact) mass is 408 g/mol. The van der Waals surface area contributed by atoms with Crippen molar-refractivity contribution in [2.45, 2.75) is 13.0 Å². The summed E-state index contributed by atoms with van der Waals surface area (Å²) in [7, 11) is 1.54. The van der Waals surface area contributed by atoms with Gasteiger partial charge < -0.3 is 9.47 Å². The number of hydrogen-bond donors (Lipinski definition) is 2. The Balaban J connectivity index is 1.96. The van der Waals surface area contributed by atoms with Crippen LogP contribution in [0.5, 0.6) is 11.5 Å². The van der Waals surface area contributed by atoms with Crippen LogP contribution in [0, 0.1) is 0 Å². The second-order valence-electron chi connectivity index (χ2n) is 6.27. The first-order chi connectivity index (χ1) is 14.0. The molecule has 0 bridgehead atoms. The van der Waals surface area contributed by atoms with Crippen molar-refractivity contribution in [3.05, 3.63) is 77.4 Å². The van der Waals surface area contributed by atoms with Crippen LogP contribution in [0.15, 0.2) is 60.7 Å². The van der Waals surface area contributed by atoms with Crippen molar-refractivity contribution in [1.82, 2.24) is 10.6 Å². The highest BCUT2D eigenvalue weighted by atomic mass is 32.1. The number of rotatable bonds is 7. The number of nitrogens with one attached hydrogen (secondary N) is 2. The van der Waals surface area contributed by atoms with Gasteiger partial charge in [0.25, 0.3) is 11.8 Å². The SMILES string of the molecule is C=CCc1cc(C=C2C(=O)NC(=S)NC2=O)cc(OC)c1OCc1ccccc1. The minimum Gasteiger partial charge on any atom is -0.493 e. The van der Waals surface area contributed by atoms with Gasteiger partial charge >= 0.3 is 0 Å². The van der Waals surface area contributed by atoms with Crippen molar-refractivity contribution in [2.24, 2.45) is 0 Å². The maximum atomic E-state index is 12.1. The molecule has 1 aliphatic heterocycles. The lowest BCUT2D eigenvalue weighted by atomic mass is 10.0. The molecule has 0 spiro atoms. The van der Waals surface area contributed by atoms with Crippen LogP contribution in [0.1, 0.15) is 16.7 Å². The molecule has 1 saturated heterocycles. The molecule has 29 heavy (non-hydrogen) atoms. The summed E-state index contributed by atoms with van der Waals surface area (Å²) >= 11 is 4.82. The molecule has 2 aromatic rings. The second kappa shape index (κ2) is 9.16. The molecule has 7 heteroatoms. The zero-order chi connectivity index (χ0) is 20.8. The Morgan fingerprint density at radius 1 is 1.10 bits per heavy atom. The molecule has 0 atom stereocenters. The summed E-state index contributed by atoms with van der Waals surface area (Å²) < 4.78 is 11.5. The maximum Gasteiger partial charge on any atom is 0.263 e. The lowest BCUT2D eigenvalue weighted by Gasteiger charge is -2.18. The van der Waals surface area contributed by atoms with Gasteiger partial charge in [0.1, 0.15) is 12.2 Å². The molecule has 0 saturated carbocycles. The van der Waals surface area contributed by atoms with Crippen molar-refractivity contribution < 1.29 is 19.1 Å². The lowest BCUT2D eigenvalue weighted by molar-refractivity contribution is -0.123. The number of carbonyl (C=O) groups is 2. The minimum atomic E-state index is -0.549. The molecule has 2 aromatic carbocycles. The van der Waals surface area contributed by atoms with Gasteiger partial charge in [-0.3, -0.25) is 20.2 Å². The third-order valence-corrected chi connectivity index (χ3v) is 4.42. The zero-order valence-corrected chi connectivity index (χ0v) is 16.7. The number of amides is 2. The largest absolute Gasteiger partial charge is 0.493 e. The number of allylic oxidation sites excluding steroid dienone is 1. The van der Waals surface area contributed by atoms with Crippen molar-refractivity contribution in [3.63, 3.8) is 0 Å². The van der Waals surface area contributed by atoms with Crippen molar-refractivity contribution in [2.75, 3.05) is 7.11 Å². The summed E-state index contributed by atoms with van der Waals surface area (Å²) in [4.78, 5) is 24.2. The number of carbonyl (C=O) groups excluding carboxylic acids is 2. The number of hydrogen-bond acceptors (Lipinski definition) is 5. The van der Waals surface area contributed by atoms with Crippen molar-refractivity contribution >= 4 is 35.2 Å². The van der Waals surface area contributed by atoms with E-state index >= 15 is 0 Å². The third kappa shape index (κ3) is 4.89. The van der Waals surface area contributed by atoms with E-state index in [9.17, 15) is 9.59 Å². The summed E-state index contributed by atoms with van der Waals surface area (Å²) in [6.07, 6.45) is 3.77. The quantitative estimate of drug-likeness (QED) is 0.319. The van der Waals surface area contributed by atoms with Crippen LogP contribution in [-0.2, 0) is 22.6 Å². The summed E-state index contributed by atoms with van der Waals surface area (Å²) in [5.41, 5.74) is 2.44. The highest BCUT2D eigenvalue weighted by molar-refractivity contribution is 7.80. The molecule has 1 fully saturated rings. The summed E-state index contributed by atoms with van der Waals surface area (Å²) in [6, 6.07) is 13.3. The molecule has 0 radical (unpaired) electrons. The van der Waals surface area contributed by atoms with Crippen molar-refractivity contribution in [3.8, 4) is 11.5 Å². The molecule has 3 rings (SSSR count). The first kappa shape index (κ1) is 20.3. The first-order valence-electron chi connectivity index (χ1n) is 8.88. The molecule has 148 valence electrons. The van der Waals surface area contributed by atoms with Gasteiger partial charge in [-0.1, -0.05) is 36.4 Å². The van der Waals surface area contributed by atoms with Crippen LogP contribution in [0.3, 0.4) is 0 Å². The molecule has 2 amide bonds. The normalized spacial score (nSPS) is 13.4. The molecule has 1 aliphatic rings. The molecule has 2 N–H and O–H groups in total. The van der Waals surface area contributed by atoms with Crippen LogP contribution in [0.4, 0.5) is 0 Å². The number of methoxy groups -OCH3 is 1. The van der Waals surface area contributed by atoms with E-state index in [-0.39, 0.29) is 10.7 Å². The fraction of sp³-hybridized carbons (Fsp3) is 0.136. The third-order valence-electron chi connectivity index (χ3n) is 4.22. The molecule has 0 aromatic heterocycles. The van der Waals surface area contributed by atoms with Gasteiger partial charge in [-0.2, -0.15) is 0 Å². The number of ether oxygens (including phenoxy) is 2. The molecular formula is C22H20N2O4S. The van der Waals surface area contributed by atoms with Gasteiger partial charge in [0.15, 0.2) is 16.6 Å². The van der Waals surface area contributed by atoms with E-state index < -0.39 is 11.8 Å². The van der Waals surface area contributed by atoms with Crippen LogP contribution in [0.25, 0.3) is 6.08 Å². The molecule has 6 nitrogen and oxygen atoms in total. The molecular weight excluding hydrogens is 388 g/mol. The standard InChI is InChI=1S/C22H20N2O4S/c1-3-7-16-10-15(11-17-20(25)23-22(29)24-21(17)26)12-18(27-2)19(16)28-13-14-8-5-4-6-9-14/h3-6,8-12H,1,7,13H2,2H3,(H2,23,24,25,26,29). The van der Waals surface area contributed by atoms with Gasteiger partial charge in [-0.15, -0.1) is 6.58 Å². The van der Waals surface area contributed by atoms with E-state index in [4.69, 9.17) is 21.7 Å². The maximum absolute atomic E-state index is 12.1. The highest BCUT2D eigenvalue weighted by Crippen LogP contribution is 2.35. The number of benzene rings is 2. The Labute approximate surface area is 174 Å². The second-order valence-corrected chi connectivity index (χ2v) is 6.68. The van der Waals surface area contributed by atoms with Gasteiger partial charge in [-0.05, 0) is 48.0 Å². The average molecular weight is 408 g/mol. The van der Waals surface area contributed by atoms with E-state index in [1.807, 2.05) is 36.4 Å². The summed E-state index contributed by atoms with van der Waals surface area (Å²) in [6.45, 7) is 4.17. The fourth-order valence-electron chi connectivity index (χ4n) is 2.89. The van der Waals surface area contributed by atoms with E-state index in [1.54, 1.807) is 12.1 Å². The smallest absolute Gasteiger partial charge is 0.263 e. The highest BCUT2D eigenvalue weighted by Gasteiger charge is 2.26. The predicted octanol–water partition coefficient (Wildman–Crippen LogP) is 2.92. The van der Waals surface area contributed by atoms with Crippen LogP contribution >= 0.6 is 12.2 Å². The first-order valence-corrected chi connectivity index (χ1v) is 9.29. The van der Waals surface area contributed by atoms with Gasteiger partial charge in [-0.25, -0.2) is 0 Å². The van der Waals surface area contributed by atoms with Crippen LogP contribution in [-0.4, -0.2) is 24.0 Å². The number of thiocarbonyl (C=S) groups is 1. The van der Waals surface area contributed by atoms with Crippen LogP contribution < -0.4 is 20.1 Å². The van der Waals surface area contributed by atoms with E-state index in [0.717, 1.165) is 11.1 Å². The molecule has 0 aliphatic carbocycles.